The van der Waals surface area contributed by atoms with Gasteiger partial charge in [0, 0.05) is 18.2 Å². The molecule has 0 radical (unpaired) electrons. The van der Waals surface area contributed by atoms with Gasteiger partial charge in [0.15, 0.2) is 11.5 Å². The van der Waals surface area contributed by atoms with Gasteiger partial charge >= 0.3 is 0 Å². The molecule has 3 heteroatoms. The van der Waals surface area contributed by atoms with Crippen LogP contribution in [-0.2, 0) is 12.8 Å². The second-order valence-electron chi connectivity index (χ2n) is 6.53. The molecule has 0 saturated heterocycles. The third kappa shape index (κ3) is 2.14. The summed E-state index contributed by atoms with van der Waals surface area (Å²) in [5.41, 5.74) is 6.23. The first kappa shape index (κ1) is 14.6. The average molecular weight is 309 g/mol. The number of ether oxygens (including phenoxy) is 1. The Labute approximate surface area is 137 Å². The van der Waals surface area contributed by atoms with Crippen LogP contribution in [0.15, 0.2) is 30.3 Å². The quantitative estimate of drug-likeness (QED) is 0.932. The van der Waals surface area contributed by atoms with E-state index in [-0.39, 0.29) is 5.75 Å². The van der Waals surface area contributed by atoms with Crippen molar-refractivity contribution in [2.45, 2.75) is 32.2 Å². The van der Waals surface area contributed by atoms with E-state index in [1.54, 1.807) is 7.11 Å². The Kier molecular flexibility index (Phi) is 3.53. The summed E-state index contributed by atoms with van der Waals surface area (Å²) in [5, 5.41) is 10.7. The Morgan fingerprint density at radius 1 is 1.22 bits per heavy atom. The van der Waals surface area contributed by atoms with Crippen molar-refractivity contribution in [1.82, 2.24) is 4.90 Å². The van der Waals surface area contributed by atoms with E-state index in [4.69, 9.17) is 4.74 Å². The van der Waals surface area contributed by atoms with Crippen LogP contribution in [0.1, 0.15) is 36.1 Å². The molecule has 3 nitrogen and oxygen atoms in total. The van der Waals surface area contributed by atoms with E-state index in [0.717, 1.165) is 31.5 Å². The lowest BCUT2D eigenvalue weighted by molar-refractivity contribution is 0.183. The molecule has 2 aliphatic rings. The summed E-state index contributed by atoms with van der Waals surface area (Å²) in [6.07, 6.45) is 3.24. The van der Waals surface area contributed by atoms with E-state index in [2.05, 4.69) is 36.1 Å². The van der Waals surface area contributed by atoms with Crippen molar-refractivity contribution in [2.24, 2.45) is 0 Å². The standard InChI is InChI=1S/C20H23NO2/c1-3-10-21-11-9-13-5-4-6-15-18(13)16(21)12-14-7-8-17(23-2)20(22)19(14)15/h4-8,16,22H,3,9-12H2,1-2H3/t16-/m1/s1. The van der Waals surface area contributed by atoms with Gasteiger partial charge in [-0.2, -0.15) is 0 Å². The van der Waals surface area contributed by atoms with Gasteiger partial charge < -0.3 is 9.84 Å². The van der Waals surface area contributed by atoms with Gasteiger partial charge in [-0.1, -0.05) is 31.2 Å². The molecule has 0 fully saturated rings. The van der Waals surface area contributed by atoms with Gasteiger partial charge in [-0.05, 0) is 54.1 Å². The third-order valence-corrected chi connectivity index (χ3v) is 5.28. The number of nitrogens with zero attached hydrogens (tertiary/aromatic N) is 1. The predicted octanol–water partition coefficient (Wildman–Crippen LogP) is 3.93. The molecular formula is C20H23NO2. The fourth-order valence-corrected chi connectivity index (χ4v) is 4.29. The molecule has 4 rings (SSSR count). The summed E-state index contributed by atoms with van der Waals surface area (Å²) in [7, 11) is 1.61. The molecular weight excluding hydrogens is 286 g/mol. The molecule has 2 aromatic rings. The lowest BCUT2D eigenvalue weighted by atomic mass is 9.76. The van der Waals surface area contributed by atoms with E-state index >= 15 is 0 Å². The van der Waals surface area contributed by atoms with Crippen LogP contribution in [0.3, 0.4) is 0 Å². The second-order valence-corrected chi connectivity index (χ2v) is 6.53. The smallest absolute Gasteiger partial charge is 0.165 e. The van der Waals surface area contributed by atoms with Crippen LogP contribution < -0.4 is 4.74 Å². The maximum absolute atomic E-state index is 10.7. The Morgan fingerprint density at radius 2 is 2.09 bits per heavy atom. The molecule has 0 spiro atoms. The van der Waals surface area contributed by atoms with Crippen LogP contribution in [0, 0.1) is 0 Å². The molecule has 2 aromatic carbocycles. The Balaban J connectivity index is 1.93. The molecule has 120 valence electrons. The normalized spacial score (nSPS) is 19.1. The van der Waals surface area contributed by atoms with Crippen LogP contribution in [0.5, 0.6) is 11.5 Å². The van der Waals surface area contributed by atoms with Gasteiger partial charge in [0.1, 0.15) is 0 Å². The Bertz CT molecular complexity index is 754. The van der Waals surface area contributed by atoms with Crippen LogP contribution in [-0.4, -0.2) is 30.2 Å². The first-order valence-electron chi connectivity index (χ1n) is 8.49. The highest BCUT2D eigenvalue weighted by molar-refractivity contribution is 5.82. The van der Waals surface area contributed by atoms with Crippen molar-refractivity contribution in [1.29, 1.82) is 0 Å². The fourth-order valence-electron chi connectivity index (χ4n) is 4.29. The number of phenolic OH excluding ortho intramolecular Hbond substituents is 1. The number of rotatable bonds is 3. The molecule has 0 aromatic heterocycles. The number of hydrogen-bond acceptors (Lipinski definition) is 3. The lowest BCUT2D eigenvalue weighted by Gasteiger charge is -2.41. The fraction of sp³-hybridized carbons (Fsp3) is 0.400. The molecule has 1 N–H and O–H groups in total. The first-order valence-corrected chi connectivity index (χ1v) is 8.49. The van der Waals surface area contributed by atoms with Gasteiger partial charge in [0.25, 0.3) is 0 Å². The monoisotopic (exact) mass is 309 g/mol. The van der Waals surface area contributed by atoms with E-state index in [0.29, 0.717) is 11.8 Å². The molecule has 1 aliphatic heterocycles. The summed E-state index contributed by atoms with van der Waals surface area (Å²) in [6, 6.07) is 11.0. The Hall–Kier alpha value is -2.00. The maximum Gasteiger partial charge on any atom is 0.165 e. The van der Waals surface area contributed by atoms with Gasteiger partial charge in [0.2, 0.25) is 0 Å². The number of fused-ring (bicyclic) bond motifs is 2. The number of benzene rings is 2. The molecule has 1 aliphatic carbocycles. The van der Waals surface area contributed by atoms with Crippen molar-refractivity contribution in [3.05, 3.63) is 47.0 Å². The summed E-state index contributed by atoms with van der Waals surface area (Å²) in [6.45, 7) is 4.51. The van der Waals surface area contributed by atoms with Crippen LogP contribution in [0.2, 0.25) is 0 Å². The minimum absolute atomic E-state index is 0.282. The van der Waals surface area contributed by atoms with Gasteiger partial charge in [0.05, 0.1) is 7.11 Å². The number of aromatic hydroxyl groups is 1. The summed E-state index contributed by atoms with van der Waals surface area (Å²) in [5.74, 6) is 0.838. The molecule has 0 amide bonds. The number of methoxy groups -OCH3 is 1. The van der Waals surface area contributed by atoms with Crippen molar-refractivity contribution in [3.8, 4) is 22.6 Å². The molecule has 0 saturated carbocycles. The predicted molar refractivity (Wildman–Crippen MR) is 92.1 cm³/mol. The zero-order valence-corrected chi connectivity index (χ0v) is 13.8. The highest BCUT2D eigenvalue weighted by atomic mass is 16.5. The van der Waals surface area contributed by atoms with Crippen LogP contribution >= 0.6 is 0 Å². The average Bonchev–Trinajstić information content (AvgIpc) is 2.57. The maximum atomic E-state index is 10.7. The van der Waals surface area contributed by atoms with Crippen molar-refractivity contribution in [2.75, 3.05) is 20.2 Å². The van der Waals surface area contributed by atoms with Gasteiger partial charge in [-0.3, -0.25) is 4.90 Å². The molecule has 23 heavy (non-hydrogen) atoms. The zero-order chi connectivity index (χ0) is 16.0. The van der Waals surface area contributed by atoms with Crippen molar-refractivity contribution >= 4 is 0 Å². The second kappa shape index (κ2) is 5.57. The molecule has 1 heterocycles. The number of phenols is 1. The minimum Gasteiger partial charge on any atom is -0.504 e. The number of hydrogen-bond donors (Lipinski definition) is 1. The Morgan fingerprint density at radius 3 is 2.87 bits per heavy atom. The third-order valence-electron chi connectivity index (χ3n) is 5.28. The van der Waals surface area contributed by atoms with Gasteiger partial charge in [-0.25, -0.2) is 0 Å². The van der Waals surface area contributed by atoms with Crippen molar-refractivity contribution in [3.63, 3.8) is 0 Å². The summed E-state index contributed by atoms with van der Waals surface area (Å²) in [4.78, 5) is 2.61. The van der Waals surface area contributed by atoms with E-state index in [1.165, 1.54) is 28.7 Å². The lowest BCUT2D eigenvalue weighted by Crippen LogP contribution is -2.38. The molecule has 0 bridgehead atoms. The van der Waals surface area contributed by atoms with Crippen molar-refractivity contribution < 1.29 is 9.84 Å². The molecule has 1 atom stereocenters. The topological polar surface area (TPSA) is 32.7 Å². The highest BCUT2D eigenvalue weighted by Crippen LogP contribution is 2.50. The van der Waals surface area contributed by atoms with E-state index in [1.807, 2.05) is 6.07 Å². The highest BCUT2D eigenvalue weighted by Gasteiger charge is 2.35. The first-order chi connectivity index (χ1) is 11.2. The summed E-state index contributed by atoms with van der Waals surface area (Å²) < 4.78 is 5.32. The molecule has 0 unspecified atom stereocenters. The minimum atomic E-state index is 0.282. The van der Waals surface area contributed by atoms with Gasteiger partial charge in [-0.15, -0.1) is 0 Å². The van der Waals surface area contributed by atoms with E-state index in [9.17, 15) is 5.11 Å². The summed E-state index contributed by atoms with van der Waals surface area (Å²) >= 11 is 0. The van der Waals surface area contributed by atoms with Crippen LogP contribution in [0.4, 0.5) is 0 Å². The largest absolute Gasteiger partial charge is 0.504 e. The van der Waals surface area contributed by atoms with Crippen LogP contribution in [0.25, 0.3) is 11.1 Å². The van der Waals surface area contributed by atoms with E-state index < -0.39 is 0 Å². The zero-order valence-electron chi connectivity index (χ0n) is 13.8. The SMILES string of the molecule is CCCN1CCc2cccc3c2[C@H]1Cc1ccc(OC)c(O)c1-3.